The molecule has 2 N–H and O–H groups in total. The molecule has 1 saturated carbocycles. The first-order chi connectivity index (χ1) is 12.6. The van der Waals surface area contributed by atoms with E-state index in [1.807, 2.05) is 4.90 Å². The molecule has 0 radical (unpaired) electrons. The molecule has 5 nitrogen and oxygen atoms in total. The van der Waals surface area contributed by atoms with Gasteiger partial charge in [0.2, 0.25) is 0 Å². The molecule has 1 amide bonds. The molecule has 134 valence electrons. The Labute approximate surface area is 154 Å². The van der Waals surface area contributed by atoms with Crippen molar-refractivity contribution in [1.82, 2.24) is 20.1 Å². The van der Waals surface area contributed by atoms with Gasteiger partial charge in [-0.25, -0.2) is 4.39 Å². The van der Waals surface area contributed by atoms with Crippen molar-refractivity contribution >= 4 is 28.4 Å². The summed E-state index contributed by atoms with van der Waals surface area (Å²) in [6, 6.07) is 4.91. The summed E-state index contributed by atoms with van der Waals surface area (Å²) < 4.78 is 14.2. The molecule has 0 unspecified atom stereocenters. The molecule has 2 aliphatic rings. The van der Waals surface area contributed by atoms with Crippen LogP contribution in [0.3, 0.4) is 0 Å². The number of carbonyl (C=O) groups excluding carboxylic acids is 1. The van der Waals surface area contributed by atoms with E-state index >= 15 is 0 Å². The number of fused-ring (bicyclic) bond motifs is 2. The number of carbonyl (C=O) groups is 1. The van der Waals surface area contributed by atoms with Gasteiger partial charge in [-0.1, -0.05) is 24.1 Å². The Bertz CT molecular complexity index is 1020. The molecule has 1 fully saturated rings. The van der Waals surface area contributed by atoms with Crippen LogP contribution >= 0.6 is 11.6 Å². The third-order valence-electron chi connectivity index (χ3n) is 5.66. The van der Waals surface area contributed by atoms with E-state index < -0.39 is 5.82 Å². The van der Waals surface area contributed by atoms with Gasteiger partial charge in [0.25, 0.3) is 5.91 Å². The molecule has 0 spiro atoms. The maximum atomic E-state index is 14.2. The highest BCUT2D eigenvalue weighted by Gasteiger charge is 2.31. The normalized spacial score (nSPS) is 17.4. The highest BCUT2D eigenvalue weighted by molar-refractivity contribution is 6.31. The summed E-state index contributed by atoms with van der Waals surface area (Å²) in [4.78, 5) is 17.7. The van der Waals surface area contributed by atoms with Gasteiger partial charge >= 0.3 is 0 Å². The largest absolute Gasteiger partial charge is 0.348 e. The SMILES string of the molecule is O=C(c1cc2ccc(Cl)c(F)c2[nH]1)N1CCc2[nH]nc(C3CCC3)c2C1. The van der Waals surface area contributed by atoms with E-state index in [0.29, 0.717) is 30.1 Å². The Hall–Kier alpha value is -2.34. The van der Waals surface area contributed by atoms with Gasteiger partial charge in [-0.2, -0.15) is 5.10 Å². The maximum absolute atomic E-state index is 14.2. The van der Waals surface area contributed by atoms with E-state index in [4.69, 9.17) is 11.6 Å². The smallest absolute Gasteiger partial charge is 0.270 e. The minimum absolute atomic E-state index is 0.0458. The molecule has 1 aliphatic carbocycles. The fraction of sp³-hybridized carbons (Fsp3) is 0.368. The second-order valence-electron chi connectivity index (χ2n) is 7.18. The van der Waals surface area contributed by atoms with E-state index in [9.17, 15) is 9.18 Å². The maximum Gasteiger partial charge on any atom is 0.270 e. The van der Waals surface area contributed by atoms with Gasteiger partial charge in [0.1, 0.15) is 5.69 Å². The number of halogens is 2. The molecule has 26 heavy (non-hydrogen) atoms. The van der Waals surface area contributed by atoms with E-state index in [1.54, 1.807) is 12.1 Å². The second kappa shape index (κ2) is 5.84. The number of hydrogen-bond donors (Lipinski definition) is 2. The van der Waals surface area contributed by atoms with Gasteiger partial charge in [-0.05, 0) is 25.0 Å². The number of rotatable bonds is 2. The first-order valence-corrected chi connectivity index (χ1v) is 9.31. The molecular formula is C19H18ClFN4O. The summed E-state index contributed by atoms with van der Waals surface area (Å²) in [6.07, 6.45) is 4.36. The minimum Gasteiger partial charge on any atom is -0.348 e. The standard InChI is InChI=1S/C19H18ClFN4O/c20-13-5-4-11-8-15(22-18(11)16(13)21)19(26)25-7-6-14-12(9-25)17(24-23-14)10-2-1-3-10/h4-5,8,10,22H,1-3,6-7,9H2,(H,23,24). The van der Waals surface area contributed by atoms with Crippen LogP contribution in [0.2, 0.25) is 5.02 Å². The lowest BCUT2D eigenvalue weighted by atomic mass is 9.81. The van der Waals surface area contributed by atoms with E-state index in [2.05, 4.69) is 15.2 Å². The van der Waals surface area contributed by atoms with Gasteiger partial charge in [0, 0.05) is 42.1 Å². The zero-order valence-electron chi connectivity index (χ0n) is 14.1. The molecule has 3 heterocycles. The second-order valence-corrected chi connectivity index (χ2v) is 7.59. The number of hydrogen-bond acceptors (Lipinski definition) is 2. The Morgan fingerprint density at radius 3 is 2.96 bits per heavy atom. The monoisotopic (exact) mass is 372 g/mol. The van der Waals surface area contributed by atoms with Crippen molar-refractivity contribution in [3.8, 4) is 0 Å². The number of nitrogens with one attached hydrogen (secondary N) is 2. The molecule has 5 rings (SSSR count). The average molecular weight is 373 g/mol. The summed E-state index contributed by atoms with van der Waals surface area (Å²) in [6.45, 7) is 1.17. The number of benzene rings is 1. The number of aromatic amines is 2. The van der Waals surface area contributed by atoms with Gasteiger partial charge in [0.05, 0.1) is 16.2 Å². The van der Waals surface area contributed by atoms with E-state index in [0.717, 1.165) is 17.8 Å². The van der Waals surface area contributed by atoms with Crippen LogP contribution in [0.25, 0.3) is 10.9 Å². The van der Waals surface area contributed by atoms with Crippen molar-refractivity contribution in [3.63, 3.8) is 0 Å². The molecule has 7 heteroatoms. The van der Waals surface area contributed by atoms with Gasteiger partial charge in [0.15, 0.2) is 5.82 Å². The zero-order valence-corrected chi connectivity index (χ0v) is 14.9. The van der Waals surface area contributed by atoms with Crippen molar-refractivity contribution in [2.45, 2.75) is 38.1 Å². The lowest BCUT2D eigenvalue weighted by molar-refractivity contribution is 0.0728. The van der Waals surface area contributed by atoms with Crippen LogP contribution in [-0.4, -0.2) is 32.5 Å². The molecule has 0 bridgehead atoms. The van der Waals surface area contributed by atoms with Crippen LogP contribution in [-0.2, 0) is 13.0 Å². The first-order valence-electron chi connectivity index (χ1n) is 8.94. The van der Waals surface area contributed by atoms with Crippen LogP contribution in [0.4, 0.5) is 4.39 Å². The summed E-state index contributed by atoms with van der Waals surface area (Å²) >= 11 is 5.83. The molecule has 0 saturated heterocycles. The summed E-state index contributed by atoms with van der Waals surface area (Å²) in [5.41, 5.74) is 4.10. The quantitative estimate of drug-likeness (QED) is 0.709. The summed E-state index contributed by atoms with van der Waals surface area (Å²) in [5, 5.41) is 8.35. The highest BCUT2D eigenvalue weighted by Crippen LogP contribution is 2.39. The Balaban J connectivity index is 1.45. The number of aromatic nitrogens is 3. The van der Waals surface area contributed by atoms with Crippen molar-refractivity contribution < 1.29 is 9.18 Å². The number of amides is 1. The van der Waals surface area contributed by atoms with Crippen molar-refractivity contribution in [2.24, 2.45) is 0 Å². The highest BCUT2D eigenvalue weighted by atomic mass is 35.5. The van der Waals surface area contributed by atoms with Crippen LogP contribution < -0.4 is 0 Å². The van der Waals surface area contributed by atoms with Crippen LogP contribution in [0, 0.1) is 5.82 Å². The lowest BCUT2D eigenvalue weighted by Gasteiger charge is -2.30. The fourth-order valence-corrected chi connectivity index (χ4v) is 4.09. The van der Waals surface area contributed by atoms with Gasteiger partial charge < -0.3 is 9.88 Å². The summed E-state index contributed by atoms with van der Waals surface area (Å²) in [7, 11) is 0. The van der Waals surface area contributed by atoms with Crippen molar-refractivity contribution in [1.29, 1.82) is 0 Å². The minimum atomic E-state index is -0.522. The predicted molar refractivity (Wildman–Crippen MR) is 96.9 cm³/mol. The van der Waals surface area contributed by atoms with Gasteiger partial charge in [-0.3, -0.25) is 9.89 Å². The van der Waals surface area contributed by atoms with Crippen molar-refractivity contribution in [3.05, 3.63) is 51.7 Å². The third kappa shape index (κ3) is 2.35. The van der Waals surface area contributed by atoms with Gasteiger partial charge in [-0.15, -0.1) is 0 Å². The van der Waals surface area contributed by atoms with E-state index in [-0.39, 0.29) is 16.4 Å². The first kappa shape index (κ1) is 15.9. The number of nitrogens with zero attached hydrogens (tertiary/aromatic N) is 2. The number of H-pyrrole nitrogens is 2. The molecular weight excluding hydrogens is 355 g/mol. The summed E-state index contributed by atoms with van der Waals surface area (Å²) in [5.74, 6) is -0.122. The molecule has 3 aromatic rings. The predicted octanol–water partition coefficient (Wildman–Crippen LogP) is 4.15. The molecule has 1 aromatic carbocycles. The van der Waals surface area contributed by atoms with Crippen LogP contribution in [0.5, 0.6) is 0 Å². The topological polar surface area (TPSA) is 64.8 Å². The lowest BCUT2D eigenvalue weighted by Crippen LogP contribution is -2.36. The molecule has 0 atom stereocenters. The Morgan fingerprint density at radius 1 is 1.35 bits per heavy atom. The molecule has 2 aromatic heterocycles. The molecule has 1 aliphatic heterocycles. The van der Waals surface area contributed by atoms with Crippen LogP contribution in [0.1, 0.15) is 52.6 Å². The zero-order chi connectivity index (χ0) is 17.8. The van der Waals surface area contributed by atoms with Crippen molar-refractivity contribution in [2.75, 3.05) is 6.54 Å². The fourth-order valence-electron chi connectivity index (χ4n) is 3.93. The van der Waals surface area contributed by atoms with E-state index in [1.165, 1.54) is 30.9 Å². The third-order valence-corrected chi connectivity index (χ3v) is 5.95. The van der Waals surface area contributed by atoms with Crippen LogP contribution in [0.15, 0.2) is 18.2 Å². The Morgan fingerprint density at radius 2 is 2.19 bits per heavy atom. The average Bonchev–Trinajstić information content (AvgIpc) is 3.21. The Kier molecular flexibility index (Phi) is 3.57.